The van der Waals surface area contributed by atoms with E-state index in [0.717, 1.165) is 5.56 Å². The molecule has 1 heterocycles. The van der Waals surface area contributed by atoms with Crippen LogP contribution in [0.3, 0.4) is 0 Å². The number of pyridine rings is 1. The van der Waals surface area contributed by atoms with Crippen molar-refractivity contribution < 1.29 is 14.0 Å². The number of anilines is 1. The smallest absolute Gasteiger partial charge is 0.257 e. The molecule has 1 aromatic heterocycles. The summed E-state index contributed by atoms with van der Waals surface area (Å²) in [5, 5.41) is 2.83. The SMILES string of the molecule is NCCCN(Cc1cccc(NC(=O)c2cccnc2)c1)C(=O)c1cccc(F)c1. The number of amides is 2. The van der Waals surface area contributed by atoms with Crippen molar-refractivity contribution in [2.75, 3.05) is 18.4 Å². The monoisotopic (exact) mass is 406 g/mol. The van der Waals surface area contributed by atoms with E-state index in [4.69, 9.17) is 5.73 Å². The minimum absolute atomic E-state index is 0.268. The first-order valence-electron chi connectivity index (χ1n) is 9.62. The summed E-state index contributed by atoms with van der Waals surface area (Å²) in [6.07, 6.45) is 3.72. The molecule has 0 bridgehead atoms. The third-order valence-electron chi connectivity index (χ3n) is 4.47. The number of hydrogen-bond donors (Lipinski definition) is 2. The Morgan fingerprint density at radius 2 is 1.83 bits per heavy atom. The van der Waals surface area contributed by atoms with Crippen molar-refractivity contribution in [3.8, 4) is 0 Å². The minimum atomic E-state index is -0.459. The molecule has 3 aromatic rings. The Morgan fingerprint density at radius 1 is 1.03 bits per heavy atom. The lowest BCUT2D eigenvalue weighted by molar-refractivity contribution is 0.0741. The van der Waals surface area contributed by atoms with Gasteiger partial charge in [0.2, 0.25) is 0 Å². The van der Waals surface area contributed by atoms with Crippen LogP contribution in [0.5, 0.6) is 0 Å². The van der Waals surface area contributed by atoms with Crippen LogP contribution in [0.15, 0.2) is 73.1 Å². The number of halogens is 1. The molecule has 0 atom stereocenters. The summed E-state index contributed by atoms with van der Waals surface area (Å²) in [6.45, 7) is 1.19. The van der Waals surface area contributed by atoms with Gasteiger partial charge in [-0.2, -0.15) is 0 Å². The van der Waals surface area contributed by atoms with E-state index in [-0.39, 0.29) is 17.4 Å². The van der Waals surface area contributed by atoms with Crippen LogP contribution in [0.25, 0.3) is 0 Å². The Kier molecular flexibility index (Phi) is 7.24. The van der Waals surface area contributed by atoms with E-state index in [9.17, 15) is 14.0 Å². The summed E-state index contributed by atoms with van der Waals surface area (Å²) in [5.74, 6) is -0.997. The second kappa shape index (κ2) is 10.3. The molecular weight excluding hydrogens is 383 g/mol. The van der Waals surface area contributed by atoms with Gasteiger partial charge in [-0.3, -0.25) is 14.6 Å². The fourth-order valence-electron chi connectivity index (χ4n) is 3.01. The van der Waals surface area contributed by atoms with Gasteiger partial charge in [0.15, 0.2) is 0 Å². The van der Waals surface area contributed by atoms with E-state index < -0.39 is 5.82 Å². The van der Waals surface area contributed by atoms with Gasteiger partial charge >= 0.3 is 0 Å². The maximum absolute atomic E-state index is 13.5. The molecule has 3 N–H and O–H groups in total. The summed E-state index contributed by atoms with van der Waals surface area (Å²) in [5.41, 5.74) is 7.80. The van der Waals surface area contributed by atoms with Crippen LogP contribution >= 0.6 is 0 Å². The minimum Gasteiger partial charge on any atom is -0.334 e. The van der Waals surface area contributed by atoms with Crippen molar-refractivity contribution in [1.82, 2.24) is 9.88 Å². The first-order chi connectivity index (χ1) is 14.6. The van der Waals surface area contributed by atoms with E-state index in [2.05, 4.69) is 10.3 Å². The molecule has 30 heavy (non-hydrogen) atoms. The van der Waals surface area contributed by atoms with Crippen LogP contribution in [0, 0.1) is 5.82 Å². The van der Waals surface area contributed by atoms with Crippen LogP contribution in [0.1, 0.15) is 32.7 Å². The Labute approximate surface area is 174 Å². The summed E-state index contributed by atoms with van der Waals surface area (Å²) in [7, 11) is 0. The van der Waals surface area contributed by atoms with Gasteiger partial charge in [-0.25, -0.2) is 4.39 Å². The molecule has 0 saturated carbocycles. The summed E-state index contributed by atoms with van der Waals surface area (Å²) in [6, 6.07) is 16.3. The average Bonchev–Trinajstić information content (AvgIpc) is 2.77. The van der Waals surface area contributed by atoms with Crippen LogP contribution in [-0.4, -0.2) is 34.8 Å². The highest BCUT2D eigenvalue weighted by Gasteiger charge is 2.17. The highest BCUT2D eigenvalue weighted by molar-refractivity contribution is 6.04. The lowest BCUT2D eigenvalue weighted by Crippen LogP contribution is -2.32. The molecule has 0 aliphatic rings. The average molecular weight is 406 g/mol. The zero-order valence-corrected chi connectivity index (χ0v) is 16.4. The Balaban J connectivity index is 1.75. The largest absolute Gasteiger partial charge is 0.334 e. The molecule has 3 rings (SSSR count). The molecule has 2 amide bonds. The fourth-order valence-corrected chi connectivity index (χ4v) is 3.01. The number of carbonyl (C=O) groups excluding carboxylic acids is 2. The van der Waals surface area contributed by atoms with Gasteiger partial charge in [0.05, 0.1) is 5.56 Å². The molecule has 6 nitrogen and oxygen atoms in total. The number of rotatable bonds is 8. The van der Waals surface area contributed by atoms with Crippen LogP contribution < -0.4 is 11.1 Å². The molecular formula is C23H23FN4O2. The number of benzene rings is 2. The summed E-state index contributed by atoms with van der Waals surface area (Å²) in [4.78, 5) is 30.8. The van der Waals surface area contributed by atoms with Crippen molar-refractivity contribution in [3.05, 3.63) is 95.6 Å². The number of nitrogens with one attached hydrogen (secondary N) is 1. The van der Waals surface area contributed by atoms with E-state index in [1.807, 2.05) is 18.2 Å². The third-order valence-corrected chi connectivity index (χ3v) is 4.47. The summed E-state index contributed by atoms with van der Waals surface area (Å²) >= 11 is 0. The van der Waals surface area contributed by atoms with Gasteiger partial charge in [0.1, 0.15) is 5.82 Å². The van der Waals surface area contributed by atoms with Crippen LogP contribution in [-0.2, 0) is 6.54 Å². The zero-order valence-electron chi connectivity index (χ0n) is 16.4. The molecule has 0 radical (unpaired) electrons. The van der Waals surface area contributed by atoms with Crippen molar-refractivity contribution in [2.24, 2.45) is 5.73 Å². The van der Waals surface area contributed by atoms with Crippen LogP contribution in [0.4, 0.5) is 10.1 Å². The normalized spacial score (nSPS) is 10.5. The molecule has 0 saturated heterocycles. The quantitative estimate of drug-likeness (QED) is 0.600. The molecule has 154 valence electrons. The maximum atomic E-state index is 13.5. The fraction of sp³-hybridized carbons (Fsp3) is 0.174. The van der Waals surface area contributed by atoms with Crippen molar-refractivity contribution in [1.29, 1.82) is 0 Å². The Bertz CT molecular complexity index is 1010. The standard InChI is InChI=1S/C23H23FN4O2/c24-20-8-2-6-18(14-20)23(30)28(12-4-10-25)16-17-5-1-9-21(13-17)27-22(29)19-7-3-11-26-15-19/h1-3,5-9,11,13-15H,4,10,12,16,25H2,(H,27,29). The highest BCUT2D eigenvalue weighted by Crippen LogP contribution is 2.16. The van der Waals surface area contributed by atoms with Gasteiger partial charge in [-0.15, -0.1) is 0 Å². The van der Waals surface area contributed by atoms with Gasteiger partial charge in [0.25, 0.3) is 11.8 Å². The van der Waals surface area contributed by atoms with Crippen molar-refractivity contribution >= 4 is 17.5 Å². The van der Waals surface area contributed by atoms with Crippen molar-refractivity contribution in [3.63, 3.8) is 0 Å². The Hall–Kier alpha value is -3.58. The number of carbonyl (C=O) groups is 2. The second-order valence-electron chi connectivity index (χ2n) is 6.78. The van der Waals surface area contributed by atoms with E-state index in [0.29, 0.717) is 37.3 Å². The van der Waals surface area contributed by atoms with Crippen molar-refractivity contribution in [2.45, 2.75) is 13.0 Å². The lowest BCUT2D eigenvalue weighted by Gasteiger charge is -2.23. The third kappa shape index (κ3) is 5.71. The zero-order chi connectivity index (χ0) is 21.3. The highest BCUT2D eigenvalue weighted by atomic mass is 19.1. The van der Waals surface area contributed by atoms with Gasteiger partial charge in [0, 0.05) is 36.7 Å². The molecule has 2 aromatic carbocycles. The molecule has 0 aliphatic carbocycles. The predicted octanol–water partition coefficient (Wildman–Crippen LogP) is 3.46. The van der Waals surface area contributed by atoms with Gasteiger partial charge in [-0.05, 0) is 61.0 Å². The molecule has 7 heteroatoms. The number of hydrogen-bond acceptors (Lipinski definition) is 4. The predicted molar refractivity (Wildman–Crippen MR) is 113 cm³/mol. The molecule has 0 unspecified atom stereocenters. The second-order valence-corrected chi connectivity index (χ2v) is 6.78. The first-order valence-corrected chi connectivity index (χ1v) is 9.62. The van der Waals surface area contributed by atoms with E-state index >= 15 is 0 Å². The number of nitrogens with zero attached hydrogens (tertiary/aromatic N) is 2. The number of aromatic nitrogens is 1. The molecule has 0 fully saturated rings. The van der Waals surface area contributed by atoms with E-state index in [1.54, 1.807) is 35.4 Å². The number of nitrogens with two attached hydrogens (primary N) is 1. The van der Waals surface area contributed by atoms with Gasteiger partial charge in [-0.1, -0.05) is 18.2 Å². The Morgan fingerprint density at radius 3 is 2.57 bits per heavy atom. The topological polar surface area (TPSA) is 88.3 Å². The first kappa shape index (κ1) is 21.1. The van der Waals surface area contributed by atoms with E-state index in [1.165, 1.54) is 24.4 Å². The summed E-state index contributed by atoms with van der Waals surface area (Å²) < 4.78 is 13.5. The molecule has 0 spiro atoms. The molecule has 0 aliphatic heterocycles. The maximum Gasteiger partial charge on any atom is 0.257 e. The van der Waals surface area contributed by atoms with Crippen LogP contribution in [0.2, 0.25) is 0 Å². The van der Waals surface area contributed by atoms with Gasteiger partial charge < -0.3 is 16.0 Å². The lowest BCUT2D eigenvalue weighted by atomic mass is 10.1.